The molecule has 3 aromatic rings. The lowest BCUT2D eigenvalue weighted by atomic mass is 10.2. The molecule has 0 spiro atoms. The van der Waals surface area contributed by atoms with Gasteiger partial charge in [-0.3, -0.25) is 19.2 Å². The van der Waals surface area contributed by atoms with E-state index in [1.54, 1.807) is 72.8 Å². The van der Waals surface area contributed by atoms with E-state index in [1.807, 2.05) is 0 Å². The van der Waals surface area contributed by atoms with Gasteiger partial charge in [-0.25, -0.2) is 9.80 Å². The quantitative estimate of drug-likeness (QED) is 0.522. The number of benzene rings is 3. The van der Waals surface area contributed by atoms with E-state index < -0.39 is 23.6 Å². The van der Waals surface area contributed by atoms with Gasteiger partial charge in [0, 0.05) is 24.3 Å². The first-order chi connectivity index (χ1) is 16.5. The molecule has 8 heteroatoms. The molecule has 0 fully saturated rings. The van der Waals surface area contributed by atoms with Crippen molar-refractivity contribution in [1.29, 1.82) is 0 Å². The zero-order valence-electron chi connectivity index (χ0n) is 17.6. The summed E-state index contributed by atoms with van der Waals surface area (Å²) in [5, 5.41) is 0. The summed E-state index contributed by atoms with van der Waals surface area (Å²) < 4.78 is 12.1. The van der Waals surface area contributed by atoms with Gasteiger partial charge in [0.25, 0.3) is 23.6 Å². The van der Waals surface area contributed by atoms with Gasteiger partial charge in [-0.1, -0.05) is 36.4 Å². The maximum atomic E-state index is 12.2. The molecule has 3 aromatic carbocycles. The van der Waals surface area contributed by atoms with Gasteiger partial charge in [0.15, 0.2) is 23.0 Å². The Hall–Kier alpha value is -4.98. The van der Waals surface area contributed by atoms with E-state index in [0.29, 0.717) is 11.5 Å². The summed E-state index contributed by atoms with van der Waals surface area (Å²) in [6.45, 7) is 0. The molecule has 0 atom stereocenters. The van der Waals surface area contributed by atoms with Gasteiger partial charge in [-0.15, -0.1) is 0 Å². The third kappa shape index (κ3) is 3.73. The number of amides is 4. The van der Waals surface area contributed by atoms with E-state index in [0.717, 1.165) is 9.80 Å². The minimum atomic E-state index is -0.465. The Bertz CT molecular complexity index is 1270. The summed E-state index contributed by atoms with van der Waals surface area (Å²) in [5.41, 5.74) is 0.578. The van der Waals surface area contributed by atoms with Crippen LogP contribution in [0.15, 0.2) is 97.1 Å². The number of nitrogens with zero attached hydrogens (tertiary/aromatic N) is 2. The van der Waals surface area contributed by atoms with Crippen molar-refractivity contribution < 1.29 is 28.7 Å². The Kier molecular flexibility index (Phi) is 5.23. The number of rotatable bonds is 6. The van der Waals surface area contributed by atoms with Crippen molar-refractivity contribution in [2.75, 3.05) is 9.80 Å². The lowest BCUT2D eigenvalue weighted by Crippen LogP contribution is -2.29. The van der Waals surface area contributed by atoms with Gasteiger partial charge in [0.05, 0.1) is 11.4 Å². The number of hydrogen-bond acceptors (Lipinski definition) is 6. The number of imide groups is 2. The summed E-state index contributed by atoms with van der Waals surface area (Å²) in [4.78, 5) is 50.8. The second-order valence-corrected chi connectivity index (χ2v) is 7.28. The van der Waals surface area contributed by atoms with Crippen molar-refractivity contribution >= 4 is 35.0 Å². The molecule has 0 radical (unpaired) electrons. The average molecular weight is 452 g/mol. The molecular weight excluding hydrogens is 436 g/mol. The molecule has 34 heavy (non-hydrogen) atoms. The van der Waals surface area contributed by atoms with Gasteiger partial charge in [0.1, 0.15) is 0 Å². The van der Waals surface area contributed by atoms with Crippen LogP contribution in [0.4, 0.5) is 11.4 Å². The highest BCUT2D eigenvalue weighted by atomic mass is 16.5. The van der Waals surface area contributed by atoms with E-state index >= 15 is 0 Å². The number of para-hydroxylation sites is 6. The molecule has 2 aliphatic heterocycles. The molecule has 2 heterocycles. The first-order valence-electron chi connectivity index (χ1n) is 10.3. The van der Waals surface area contributed by atoms with E-state index in [-0.39, 0.29) is 22.9 Å². The summed E-state index contributed by atoms with van der Waals surface area (Å²) in [6, 6.07) is 20.1. The second kappa shape index (κ2) is 8.51. The molecule has 5 rings (SSSR count). The Balaban J connectivity index is 1.48. The zero-order valence-corrected chi connectivity index (χ0v) is 17.6. The minimum Gasteiger partial charge on any atom is -0.451 e. The first kappa shape index (κ1) is 20.9. The number of ether oxygens (including phenoxy) is 2. The molecule has 0 aromatic heterocycles. The van der Waals surface area contributed by atoms with Crippen LogP contribution in [0.2, 0.25) is 0 Å². The van der Waals surface area contributed by atoms with E-state index in [1.165, 1.54) is 24.3 Å². The molecule has 166 valence electrons. The smallest absolute Gasteiger partial charge is 0.258 e. The van der Waals surface area contributed by atoms with Gasteiger partial charge < -0.3 is 9.47 Å². The van der Waals surface area contributed by atoms with Gasteiger partial charge in [0.2, 0.25) is 0 Å². The first-order valence-corrected chi connectivity index (χ1v) is 10.3. The molecule has 2 aliphatic rings. The third-order valence-electron chi connectivity index (χ3n) is 5.12. The Morgan fingerprint density at radius 1 is 0.412 bits per heavy atom. The van der Waals surface area contributed by atoms with Crippen LogP contribution in [0.3, 0.4) is 0 Å². The van der Waals surface area contributed by atoms with Crippen LogP contribution in [-0.4, -0.2) is 23.6 Å². The summed E-state index contributed by atoms with van der Waals surface area (Å²) in [6.07, 6.45) is 4.79. The van der Waals surface area contributed by atoms with Crippen LogP contribution in [0, 0.1) is 0 Å². The van der Waals surface area contributed by atoms with Crippen molar-refractivity contribution in [3.8, 4) is 23.0 Å². The molecule has 0 saturated carbocycles. The highest BCUT2D eigenvalue weighted by Gasteiger charge is 2.29. The number of carbonyl (C=O) groups excluding carboxylic acids is 4. The van der Waals surface area contributed by atoms with Crippen LogP contribution in [0.25, 0.3) is 0 Å². The average Bonchev–Trinajstić information content (AvgIpc) is 3.36. The maximum Gasteiger partial charge on any atom is 0.258 e. The van der Waals surface area contributed by atoms with E-state index in [2.05, 4.69) is 0 Å². The topological polar surface area (TPSA) is 93.2 Å². The lowest BCUT2D eigenvalue weighted by Gasteiger charge is -2.21. The Labute approximate surface area is 193 Å². The standard InChI is InChI=1S/C26H16N2O6/c29-23-13-14-24(30)27(23)17-7-1-3-9-19(17)33-21-11-5-6-12-22(21)34-20-10-4-2-8-18(20)28-25(31)15-16-26(28)32/h1-16H. The van der Waals surface area contributed by atoms with Crippen LogP contribution in [0.1, 0.15) is 0 Å². The molecular formula is C26H16N2O6. The SMILES string of the molecule is O=C1C=CC(=O)N1c1ccccc1Oc1ccccc1Oc1ccccc1N1C(=O)C=CC1=O. The molecule has 4 amide bonds. The fourth-order valence-electron chi connectivity index (χ4n) is 3.59. The van der Waals surface area contributed by atoms with Crippen molar-refractivity contribution in [2.24, 2.45) is 0 Å². The molecule has 8 nitrogen and oxygen atoms in total. The Morgan fingerprint density at radius 3 is 1.06 bits per heavy atom. The summed E-state index contributed by atoms with van der Waals surface area (Å²) >= 11 is 0. The predicted molar refractivity (Wildman–Crippen MR) is 123 cm³/mol. The van der Waals surface area contributed by atoms with Crippen molar-refractivity contribution in [2.45, 2.75) is 0 Å². The monoisotopic (exact) mass is 452 g/mol. The Morgan fingerprint density at radius 2 is 0.706 bits per heavy atom. The molecule has 0 bridgehead atoms. The van der Waals surface area contributed by atoms with Crippen LogP contribution < -0.4 is 19.3 Å². The number of hydrogen-bond donors (Lipinski definition) is 0. The van der Waals surface area contributed by atoms with Crippen LogP contribution in [-0.2, 0) is 19.2 Å². The fourth-order valence-corrected chi connectivity index (χ4v) is 3.59. The number of anilines is 2. The van der Waals surface area contributed by atoms with Crippen molar-refractivity contribution in [1.82, 2.24) is 0 Å². The highest BCUT2D eigenvalue weighted by Crippen LogP contribution is 2.41. The maximum absolute atomic E-state index is 12.2. The molecule has 0 unspecified atom stereocenters. The van der Waals surface area contributed by atoms with Crippen molar-refractivity contribution in [3.63, 3.8) is 0 Å². The lowest BCUT2D eigenvalue weighted by molar-refractivity contribution is -0.121. The summed E-state index contributed by atoms with van der Waals surface area (Å²) in [7, 11) is 0. The summed E-state index contributed by atoms with van der Waals surface area (Å²) in [5.74, 6) is -0.719. The van der Waals surface area contributed by atoms with Crippen LogP contribution >= 0.6 is 0 Å². The molecule has 0 N–H and O–H groups in total. The third-order valence-corrected chi connectivity index (χ3v) is 5.12. The predicted octanol–water partition coefficient (Wildman–Crippen LogP) is 4.13. The molecule has 0 aliphatic carbocycles. The van der Waals surface area contributed by atoms with Gasteiger partial charge in [-0.05, 0) is 36.4 Å². The van der Waals surface area contributed by atoms with E-state index in [9.17, 15) is 19.2 Å². The van der Waals surface area contributed by atoms with E-state index in [4.69, 9.17) is 9.47 Å². The van der Waals surface area contributed by atoms with Gasteiger partial charge >= 0.3 is 0 Å². The fraction of sp³-hybridized carbons (Fsp3) is 0. The normalized spacial score (nSPS) is 14.9. The second-order valence-electron chi connectivity index (χ2n) is 7.28. The molecule has 0 saturated heterocycles. The van der Waals surface area contributed by atoms with Crippen molar-refractivity contribution in [3.05, 3.63) is 97.1 Å². The number of carbonyl (C=O) groups is 4. The van der Waals surface area contributed by atoms with Gasteiger partial charge in [-0.2, -0.15) is 0 Å². The largest absolute Gasteiger partial charge is 0.451 e. The zero-order chi connectivity index (χ0) is 23.7. The minimum absolute atomic E-state index is 0.270. The van der Waals surface area contributed by atoms with Crippen LogP contribution in [0.5, 0.6) is 23.0 Å². The highest BCUT2D eigenvalue weighted by molar-refractivity contribution is 6.29.